The minimum atomic E-state index is 0. The molecular weight excluding hydrogens is 467 g/mol. The van der Waals surface area contributed by atoms with Gasteiger partial charge < -0.3 is 19.5 Å². The first kappa shape index (κ1) is 21.8. The Hall–Kier alpha value is -0.900. The maximum atomic E-state index is 5.63. The van der Waals surface area contributed by atoms with E-state index in [2.05, 4.69) is 20.4 Å². The SMILES string of the molecule is Cc1nnc(CN=C(NC2CCCCC2)N2CCC(C3CCOC3)C2)n1C.I. The molecule has 1 aromatic rings. The van der Waals surface area contributed by atoms with Gasteiger partial charge in [0.1, 0.15) is 12.4 Å². The molecule has 3 fully saturated rings. The summed E-state index contributed by atoms with van der Waals surface area (Å²) in [5.74, 6) is 4.40. The van der Waals surface area contributed by atoms with E-state index >= 15 is 0 Å². The average molecular weight is 502 g/mol. The molecule has 1 aliphatic carbocycles. The largest absolute Gasteiger partial charge is 0.381 e. The van der Waals surface area contributed by atoms with Crippen molar-refractivity contribution in [2.75, 3.05) is 26.3 Å². The van der Waals surface area contributed by atoms with Gasteiger partial charge >= 0.3 is 0 Å². The normalized spacial score (nSPS) is 26.5. The molecule has 2 aliphatic heterocycles. The van der Waals surface area contributed by atoms with Gasteiger partial charge in [0.15, 0.2) is 11.8 Å². The summed E-state index contributed by atoms with van der Waals surface area (Å²) in [6, 6.07) is 0.563. The van der Waals surface area contributed by atoms with Crippen LogP contribution < -0.4 is 5.32 Å². The molecule has 0 spiro atoms. The molecule has 0 amide bonds. The molecule has 158 valence electrons. The van der Waals surface area contributed by atoms with Crippen LogP contribution in [-0.2, 0) is 18.3 Å². The van der Waals surface area contributed by atoms with E-state index in [0.717, 1.165) is 55.7 Å². The number of aliphatic imine (C=N–C) groups is 1. The van der Waals surface area contributed by atoms with Gasteiger partial charge in [-0.25, -0.2) is 4.99 Å². The second kappa shape index (κ2) is 10.2. The Morgan fingerprint density at radius 1 is 1.14 bits per heavy atom. The van der Waals surface area contributed by atoms with Crippen LogP contribution in [0.2, 0.25) is 0 Å². The van der Waals surface area contributed by atoms with Crippen LogP contribution in [0.3, 0.4) is 0 Å². The number of nitrogens with one attached hydrogen (secondary N) is 1. The predicted molar refractivity (Wildman–Crippen MR) is 121 cm³/mol. The molecule has 2 saturated heterocycles. The maximum absolute atomic E-state index is 5.63. The first-order valence-corrected chi connectivity index (χ1v) is 10.7. The summed E-state index contributed by atoms with van der Waals surface area (Å²) in [5.41, 5.74) is 0. The second-order valence-corrected chi connectivity index (χ2v) is 8.46. The first-order chi connectivity index (χ1) is 13.2. The molecular formula is C20H35IN6O. The number of ether oxygens (including phenoxy) is 1. The summed E-state index contributed by atoms with van der Waals surface area (Å²) in [6.45, 7) is 6.64. The number of hydrogen-bond acceptors (Lipinski definition) is 4. The van der Waals surface area contributed by atoms with E-state index in [1.807, 2.05) is 18.5 Å². The number of aryl methyl sites for hydroxylation is 1. The van der Waals surface area contributed by atoms with E-state index in [1.54, 1.807) is 0 Å². The molecule has 28 heavy (non-hydrogen) atoms. The van der Waals surface area contributed by atoms with Crippen LogP contribution in [0.4, 0.5) is 0 Å². The third-order valence-corrected chi connectivity index (χ3v) is 6.65. The molecule has 7 nitrogen and oxygen atoms in total. The highest BCUT2D eigenvalue weighted by atomic mass is 127. The van der Waals surface area contributed by atoms with Gasteiger partial charge in [-0.1, -0.05) is 19.3 Å². The number of nitrogens with zero attached hydrogens (tertiary/aromatic N) is 5. The zero-order chi connectivity index (χ0) is 18.6. The standard InChI is InChI=1S/C20H34N6O.HI/c1-15-23-24-19(25(15)2)12-21-20(22-18-6-4-3-5-7-18)26-10-8-16(13-26)17-9-11-27-14-17;/h16-18H,3-14H2,1-2H3,(H,21,22);1H. The van der Waals surface area contributed by atoms with E-state index in [1.165, 1.54) is 44.9 Å². The molecule has 1 saturated carbocycles. The van der Waals surface area contributed by atoms with Gasteiger partial charge in [-0.2, -0.15) is 0 Å². The summed E-state index contributed by atoms with van der Waals surface area (Å²) in [5, 5.41) is 12.2. The van der Waals surface area contributed by atoms with Gasteiger partial charge in [0, 0.05) is 39.4 Å². The molecule has 4 rings (SSSR count). The van der Waals surface area contributed by atoms with Gasteiger partial charge in [0.2, 0.25) is 0 Å². The number of guanidine groups is 1. The van der Waals surface area contributed by atoms with Crippen LogP contribution in [0, 0.1) is 18.8 Å². The molecule has 8 heteroatoms. The van der Waals surface area contributed by atoms with Crippen LogP contribution in [0.1, 0.15) is 56.6 Å². The lowest BCUT2D eigenvalue weighted by Gasteiger charge is -2.29. The minimum Gasteiger partial charge on any atom is -0.381 e. The topological polar surface area (TPSA) is 67.6 Å². The van der Waals surface area contributed by atoms with Crippen molar-refractivity contribution < 1.29 is 4.74 Å². The van der Waals surface area contributed by atoms with Gasteiger partial charge in [-0.05, 0) is 44.4 Å². The fourth-order valence-electron chi connectivity index (χ4n) is 4.69. The van der Waals surface area contributed by atoms with Crippen molar-refractivity contribution in [1.82, 2.24) is 25.0 Å². The molecule has 0 bridgehead atoms. The second-order valence-electron chi connectivity index (χ2n) is 8.46. The number of halogens is 1. The monoisotopic (exact) mass is 502 g/mol. The van der Waals surface area contributed by atoms with Crippen LogP contribution in [0.15, 0.2) is 4.99 Å². The van der Waals surface area contributed by atoms with Crippen LogP contribution >= 0.6 is 24.0 Å². The minimum absolute atomic E-state index is 0. The molecule has 0 aromatic carbocycles. The Labute approximate surface area is 185 Å². The summed E-state index contributed by atoms with van der Waals surface area (Å²) in [6.07, 6.45) is 9.02. The number of aromatic nitrogens is 3. The smallest absolute Gasteiger partial charge is 0.194 e. The van der Waals surface area contributed by atoms with Crippen LogP contribution in [0.5, 0.6) is 0 Å². The highest BCUT2D eigenvalue weighted by Gasteiger charge is 2.33. The molecule has 1 aromatic heterocycles. The summed E-state index contributed by atoms with van der Waals surface area (Å²) < 4.78 is 7.66. The van der Waals surface area contributed by atoms with E-state index in [0.29, 0.717) is 12.6 Å². The molecule has 2 atom stereocenters. The Kier molecular flexibility index (Phi) is 7.96. The lowest BCUT2D eigenvalue weighted by Crippen LogP contribution is -2.46. The molecule has 0 radical (unpaired) electrons. The van der Waals surface area contributed by atoms with Crippen molar-refractivity contribution in [3.63, 3.8) is 0 Å². The zero-order valence-corrected chi connectivity index (χ0v) is 19.6. The van der Waals surface area contributed by atoms with E-state index < -0.39 is 0 Å². The van der Waals surface area contributed by atoms with Gasteiger partial charge in [0.05, 0.1) is 0 Å². The van der Waals surface area contributed by atoms with Crippen LogP contribution in [-0.4, -0.2) is 58.0 Å². The first-order valence-electron chi connectivity index (χ1n) is 10.7. The van der Waals surface area contributed by atoms with Gasteiger partial charge in [-0.3, -0.25) is 0 Å². The Balaban J connectivity index is 0.00000225. The average Bonchev–Trinajstić information content (AvgIpc) is 3.43. The van der Waals surface area contributed by atoms with Crippen molar-refractivity contribution >= 4 is 29.9 Å². The maximum Gasteiger partial charge on any atom is 0.194 e. The fraction of sp³-hybridized carbons (Fsp3) is 0.850. The zero-order valence-electron chi connectivity index (χ0n) is 17.3. The number of rotatable bonds is 4. The highest BCUT2D eigenvalue weighted by Crippen LogP contribution is 2.30. The summed E-state index contributed by atoms with van der Waals surface area (Å²) in [7, 11) is 2.01. The number of hydrogen-bond donors (Lipinski definition) is 1. The Bertz CT molecular complexity index is 651. The van der Waals surface area contributed by atoms with Crippen molar-refractivity contribution in [1.29, 1.82) is 0 Å². The third-order valence-electron chi connectivity index (χ3n) is 6.65. The lowest BCUT2D eigenvalue weighted by molar-refractivity contribution is 0.173. The highest BCUT2D eigenvalue weighted by molar-refractivity contribution is 14.0. The predicted octanol–water partition coefficient (Wildman–Crippen LogP) is 2.88. The molecule has 3 heterocycles. The Morgan fingerprint density at radius 3 is 2.64 bits per heavy atom. The van der Waals surface area contributed by atoms with Crippen molar-refractivity contribution in [3.8, 4) is 0 Å². The van der Waals surface area contributed by atoms with Crippen LogP contribution in [0.25, 0.3) is 0 Å². The van der Waals surface area contributed by atoms with Crippen molar-refractivity contribution in [2.24, 2.45) is 23.9 Å². The molecule has 1 N–H and O–H groups in total. The summed E-state index contributed by atoms with van der Waals surface area (Å²) in [4.78, 5) is 7.46. The fourth-order valence-corrected chi connectivity index (χ4v) is 4.69. The molecule has 3 aliphatic rings. The summed E-state index contributed by atoms with van der Waals surface area (Å²) >= 11 is 0. The lowest BCUT2D eigenvalue weighted by atomic mass is 9.91. The number of likely N-dealkylation sites (tertiary alicyclic amines) is 1. The van der Waals surface area contributed by atoms with Gasteiger partial charge in [0.25, 0.3) is 0 Å². The van der Waals surface area contributed by atoms with Crippen molar-refractivity contribution in [2.45, 2.75) is 64.5 Å². The Morgan fingerprint density at radius 2 is 1.96 bits per heavy atom. The quantitative estimate of drug-likeness (QED) is 0.390. The van der Waals surface area contributed by atoms with Gasteiger partial charge in [-0.15, -0.1) is 34.2 Å². The van der Waals surface area contributed by atoms with Crippen molar-refractivity contribution in [3.05, 3.63) is 11.6 Å². The van der Waals surface area contributed by atoms with E-state index in [-0.39, 0.29) is 24.0 Å². The van der Waals surface area contributed by atoms with E-state index in [4.69, 9.17) is 9.73 Å². The molecule has 2 unspecified atom stereocenters. The third kappa shape index (κ3) is 5.17. The van der Waals surface area contributed by atoms with E-state index in [9.17, 15) is 0 Å².